The fraction of sp³-hybridized carbons (Fsp3) is 0.125. The lowest BCUT2D eigenvalue weighted by Gasteiger charge is -2.26. The SMILES string of the molecule is CN1C(=O)COc2ccc(NC(=O)c3ccc(Cl)cc3Cl)cc21. The van der Waals surface area contributed by atoms with Crippen LogP contribution < -0.4 is 15.0 Å². The van der Waals surface area contributed by atoms with E-state index in [-0.39, 0.29) is 23.4 Å². The number of ether oxygens (including phenoxy) is 1. The average molecular weight is 351 g/mol. The number of fused-ring (bicyclic) bond motifs is 1. The van der Waals surface area contributed by atoms with Crippen LogP contribution in [0.4, 0.5) is 11.4 Å². The first kappa shape index (κ1) is 15.6. The minimum absolute atomic E-state index is 0.00951. The molecule has 0 atom stereocenters. The summed E-state index contributed by atoms with van der Waals surface area (Å²) in [6.45, 7) is 0.00951. The number of hydrogen-bond donors (Lipinski definition) is 1. The van der Waals surface area contributed by atoms with E-state index in [1.807, 2.05) is 0 Å². The monoisotopic (exact) mass is 350 g/mol. The molecule has 2 aromatic carbocycles. The number of hydrogen-bond acceptors (Lipinski definition) is 3. The molecule has 0 bridgehead atoms. The first-order chi connectivity index (χ1) is 11.0. The van der Waals surface area contributed by atoms with Crippen molar-refractivity contribution >= 4 is 46.4 Å². The van der Waals surface area contributed by atoms with Gasteiger partial charge in [0, 0.05) is 17.8 Å². The maximum Gasteiger partial charge on any atom is 0.264 e. The first-order valence-electron chi connectivity index (χ1n) is 6.75. The second-order valence-corrected chi connectivity index (χ2v) is 5.85. The van der Waals surface area contributed by atoms with E-state index in [9.17, 15) is 9.59 Å². The Morgan fingerprint density at radius 2 is 2.00 bits per heavy atom. The van der Waals surface area contributed by atoms with Gasteiger partial charge in [-0.15, -0.1) is 0 Å². The molecule has 2 amide bonds. The van der Waals surface area contributed by atoms with Crippen molar-refractivity contribution in [2.45, 2.75) is 0 Å². The van der Waals surface area contributed by atoms with Crippen LogP contribution in [0.5, 0.6) is 5.75 Å². The van der Waals surface area contributed by atoms with Gasteiger partial charge in [-0.25, -0.2) is 0 Å². The number of likely N-dealkylation sites (N-methyl/N-ethyl adjacent to an activating group) is 1. The van der Waals surface area contributed by atoms with Gasteiger partial charge in [0.05, 0.1) is 16.3 Å². The van der Waals surface area contributed by atoms with Crippen molar-refractivity contribution in [1.29, 1.82) is 0 Å². The predicted octanol–water partition coefficient (Wildman–Crippen LogP) is 3.60. The predicted molar refractivity (Wildman–Crippen MR) is 89.8 cm³/mol. The highest BCUT2D eigenvalue weighted by Crippen LogP contribution is 2.34. The molecule has 0 saturated heterocycles. The molecular weight excluding hydrogens is 339 g/mol. The third-order valence-electron chi connectivity index (χ3n) is 3.48. The Bertz CT molecular complexity index is 808. The van der Waals surface area contributed by atoms with Crippen LogP contribution in [0.2, 0.25) is 10.0 Å². The van der Waals surface area contributed by atoms with E-state index in [0.29, 0.717) is 27.7 Å². The standard InChI is InChI=1S/C16H12Cl2N2O3/c1-20-13-7-10(3-5-14(13)23-8-15(20)21)19-16(22)11-4-2-9(17)6-12(11)18/h2-7H,8H2,1H3,(H,19,22). The van der Waals surface area contributed by atoms with Crippen molar-refractivity contribution in [2.75, 3.05) is 23.9 Å². The second-order valence-electron chi connectivity index (χ2n) is 5.00. The van der Waals surface area contributed by atoms with E-state index in [1.54, 1.807) is 37.4 Å². The summed E-state index contributed by atoms with van der Waals surface area (Å²) in [5, 5.41) is 3.47. The smallest absolute Gasteiger partial charge is 0.264 e. The molecule has 0 fully saturated rings. The highest BCUT2D eigenvalue weighted by molar-refractivity contribution is 6.37. The van der Waals surface area contributed by atoms with Crippen LogP contribution in [0.15, 0.2) is 36.4 Å². The number of carbonyl (C=O) groups excluding carboxylic acids is 2. The van der Waals surface area contributed by atoms with Crippen LogP contribution in [0.25, 0.3) is 0 Å². The Labute approximate surface area is 142 Å². The largest absolute Gasteiger partial charge is 0.482 e. The maximum absolute atomic E-state index is 12.3. The van der Waals surface area contributed by atoms with Gasteiger partial charge in [0.15, 0.2) is 6.61 Å². The highest BCUT2D eigenvalue weighted by atomic mass is 35.5. The number of rotatable bonds is 2. The maximum atomic E-state index is 12.3. The topological polar surface area (TPSA) is 58.6 Å². The van der Waals surface area contributed by atoms with Gasteiger partial charge in [-0.3, -0.25) is 9.59 Å². The molecule has 3 rings (SSSR count). The normalized spacial score (nSPS) is 13.3. The number of benzene rings is 2. The molecule has 7 heteroatoms. The van der Waals surface area contributed by atoms with Gasteiger partial charge >= 0.3 is 0 Å². The highest BCUT2D eigenvalue weighted by Gasteiger charge is 2.22. The number of amides is 2. The number of anilines is 2. The van der Waals surface area contributed by atoms with Crippen LogP contribution in [0.3, 0.4) is 0 Å². The Hall–Kier alpha value is -2.24. The summed E-state index contributed by atoms with van der Waals surface area (Å²) in [5.41, 5.74) is 1.45. The third kappa shape index (κ3) is 3.11. The number of halogens is 2. The third-order valence-corrected chi connectivity index (χ3v) is 4.03. The molecule has 23 heavy (non-hydrogen) atoms. The molecule has 0 saturated carbocycles. The van der Waals surface area contributed by atoms with Gasteiger partial charge in [0.25, 0.3) is 11.8 Å². The van der Waals surface area contributed by atoms with E-state index in [0.717, 1.165) is 0 Å². The molecule has 1 aliphatic rings. The summed E-state index contributed by atoms with van der Waals surface area (Å²) in [5.74, 6) is 0.0775. The van der Waals surface area contributed by atoms with Crippen molar-refractivity contribution in [2.24, 2.45) is 0 Å². The molecule has 0 radical (unpaired) electrons. The Balaban J connectivity index is 1.86. The van der Waals surface area contributed by atoms with Crippen molar-refractivity contribution in [3.63, 3.8) is 0 Å². The van der Waals surface area contributed by atoms with Gasteiger partial charge < -0.3 is 15.0 Å². The lowest BCUT2D eigenvalue weighted by Crippen LogP contribution is -2.35. The fourth-order valence-corrected chi connectivity index (χ4v) is 2.72. The Morgan fingerprint density at radius 3 is 2.74 bits per heavy atom. The zero-order valence-corrected chi connectivity index (χ0v) is 13.6. The minimum atomic E-state index is -0.364. The second kappa shape index (κ2) is 6.10. The summed E-state index contributed by atoms with van der Waals surface area (Å²) in [6.07, 6.45) is 0. The minimum Gasteiger partial charge on any atom is -0.482 e. The number of nitrogens with one attached hydrogen (secondary N) is 1. The lowest BCUT2D eigenvalue weighted by atomic mass is 10.2. The van der Waals surface area contributed by atoms with Gasteiger partial charge in [0.2, 0.25) is 0 Å². The van der Waals surface area contributed by atoms with E-state index >= 15 is 0 Å². The van der Waals surface area contributed by atoms with Crippen LogP contribution in [0, 0.1) is 0 Å². The first-order valence-corrected chi connectivity index (χ1v) is 7.51. The molecule has 1 aliphatic heterocycles. The molecule has 0 unspecified atom stereocenters. The van der Waals surface area contributed by atoms with Crippen molar-refractivity contribution in [3.8, 4) is 5.75 Å². The molecule has 118 valence electrons. The number of carbonyl (C=O) groups is 2. The summed E-state index contributed by atoms with van der Waals surface area (Å²) < 4.78 is 5.34. The zero-order chi connectivity index (χ0) is 16.6. The van der Waals surface area contributed by atoms with Gasteiger partial charge in [-0.2, -0.15) is 0 Å². The van der Waals surface area contributed by atoms with Crippen LogP contribution in [-0.4, -0.2) is 25.5 Å². The van der Waals surface area contributed by atoms with Gasteiger partial charge in [-0.1, -0.05) is 23.2 Å². The van der Waals surface area contributed by atoms with Crippen LogP contribution in [0.1, 0.15) is 10.4 Å². The Morgan fingerprint density at radius 1 is 1.22 bits per heavy atom. The summed E-state index contributed by atoms with van der Waals surface area (Å²) in [6, 6.07) is 9.73. The van der Waals surface area contributed by atoms with Crippen LogP contribution in [-0.2, 0) is 4.79 Å². The fourth-order valence-electron chi connectivity index (χ4n) is 2.22. The van der Waals surface area contributed by atoms with E-state index in [1.165, 1.54) is 11.0 Å². The summed E-state index contributed by atoms with van der Waals surface area (Å²) in [7, 11) is 1.66. The average Bonchev–Trinajstić information content (AvgIpc) is 2.51. The molecule has 1 heterocycles. The van der Waals surface area contributed by atoms with Crippen molar-refractivity contribution in [1.82, 2.24) is 0 Å². The van der Waals surface area contributed by atoms with E-state index in [4.69, 9.17) is 27.9 Å². The molecule has 0 spiro atoms. The van der Waals surface area contributed by atoms with E-state index in [2.05, 4.69) is 5.32 Å². The zero-order valence-electron chi connectivity index (χ0n) is 12.1. The quantitative estimate of drug-likeness (QED) is 0.899. The molecule has 2 aromatic rings. The lowest BCUT2D eigenvalue weighted by molar-refractivity contribution is -0.120. The van der Waals surface area contributed by atoms with Crippen LogP contribution >= 0.6 is 23.2 Å². The molecule has 0 aromatic heterocycles. The molecule has 5 nitrogen and oxygen atoms in total. The van der Waals surface area contributed by atoms with Crippen molar-refractivity contribution < 1.29 is 14.3 Å². The molecule has 1 N–H and O–H groups in total. The van der Waals surface area contributed by atoms with Gasteiger partial charge in [-0.05, 0) is 36.4 Å². The van der Waals surface area contributed by atoms with Gasteiger partial charge in [0.1, 0.15) is 5.75 Å². The number of nitrogens with zero attached hydrogens (tertiary/aromatic N) is 1. The molecular formula is C16H12Cl2N2O3. The summed E-state index contributed by atoms with van der Waals surface area (Å²) in [4.78, 5) is 25.5. The van der Waals surface area contributed by atoms with E-state index < -0.39 is 0 Å². The van der Waals surface area contributed by atoms with Crippen molar-refractivity contribution in [3.05, 3.63) is 52.0 Å². The Kier molecular flexibility index (Phi) is 4.15. The molecule has 0 aliphatic carbocycles. The summed E-state index contributed by atoms with van der Waals surface area (Å²) >= 11 is 11.9.